The Labute approximate surface area is 193 Å². The molecule has 6 nitrogen and oxygen atoms in total. The Balaban J connectivity index is 1.87. The average molecular weight is 437 g/mol. The lowest BCUT2D eigenvalue weighted by Gasteiger charge is -2.15. The van der Waals surface area contributed by atoms with E-state index in [0.717, 1.165) is 17.8 Å². The molecule has 6 heteroatoms. The van der Waals surface area contributed by atoms with Crippen LogP contribution in [-0.4, -0.2) is 41.7 Å². The van der Waals surface area contributed by atoms with Crippen LogP contribution in [-0.2, 0) is 0 Å². The van der Waals surface area contributed by atoms with E-state index in [1.54, 1.807) is 41.2 Å². The molecule has 0 unspecified atom stereocenters. The van der Waals surface area contributed by atoms with E-state index in [1.165, 1.54) is 0 Å². The van der Waals surface area contributed by atoms with Crippen molar-refractivity contribution in [1.29, 1.82) is 5.26 Å². The van der Waals surface area contributed by atoms with Gasteiger partial charge in [0.2, 0.25) is 0 Å². The van der Waals surface area contributed by atoms with E-state index in [4.69, 9.17) is 4.74 Å². The van der Waals surface area contributed by atoms with Gasteiger partial charge in [-0.3, -0.25) is 14.3 Å². The predicted octanol–water partition coefficient (Wildman–Crippen LogP) is 4.38. The van der Waals surface area contributed by atoms with E-state index < -0.39 is 0 Å². The maximum atomic E-state index is 13.6. The van der Waals surface area contributed by atoms with E-state index in [0.29, 0.717) is 34.7 Å². The van der Waals surface area contributed by atoms with Gasteiger partial charge in [0.25, 0.3) is 5.56 Å². The molecule has 0 aliphatic carbocycles. The molecule has 4 aromatic rings. The van der Waals surface area contributed by atoms with Gasteiger partial charge in [0.05, 0.1) is 23.0 Å². The highest BCUT2D eigenvalue weighted by atomic mass is 16.5. The zero-order chi connectivity index (χ0) is 23.2. The number of benzene rings is 2. The van der Waals surface area contributed by atoms with Gasteiger partial charge in [-0.2, -0.15) is 5.26 Å². The van der Waals surface area contributed by atoms with Gasteiger partial charge in [0, 0.05) is 41.7 Å². The third-order valence-electron chi connectivity index (χ3n) is 5.22. The average Bonchev–Trinajstić information content (AvgIpc) is 2.85. The summed E-state index contributed by atoms with van der Waals surface area (Å²) in [6.07, 6.45) is 3.50. The van der Waals surface area contributed by atoms with Crippen molar-refractivity contribution in [1.82, 2.24) is 14.5 Å². The quantitative estimate of drug-likeness (QED) is 0.430. The van der Waals surface area contributed by atoms with Crippen molar-refractivity contribution in [2.45, 2.75) is 0 Å². The zero-order valence-corrected chi connectivity index (χ0v) is 18.6. The Morgan fingerprint density at radius 3 is 2.58 bits per heavy atom. The topological polar surface area (TPSA) is 71.2 Å². The third kappa shape index (κ3) is 5.00. The fourth-order valence-electron chi connectivity index (χ4n) is 3.53. The second kappa shape index (κ2) is 9.94. The number of rotatable bonds is 7. The van der Waals surface area contributed by atoms with Crippen LogP contribution in [0.2, 0.25) is 0 Å². The van der Waals surface area contributed by atoms with Crippen LogP contribution in [0.15, 0.2) is 90.0 Å². The normalized spacial score (nSPS) is 10.7. The van der Waals surface area contributed by atoms with Gasteiger partial charge in [-0.1, -0.05) is 30.3 Å². The summed E-state index contributed by atoms with van der Waals surface area (Å²) < 4.78 is 7.46. The number of aromatic nitrogens is 2. The van der Waals surface area contributed by atoms with Crippen LogP contribution in [0.1, 0.15) is 5.56 Å². The summed E-state index contributed by atoms with van der Waals surface area (Å²) in [5, 5.41) is 9.61. The third-order valence-corrected chi connectivity index (χ3v) is 5.22. The van der Waals surface area contributed by atoms with Crippen molar-refractivity contribution in [2.75, 3.05) is 27.2 Å². The molecule has 4 rings (SSSR count). The van der Waals surface area contributed by atoms with Crippen LogP contribution in [0.5, 0.6) is 5.75 Å². The molecule has 0 aliphatic heterocycles. The smallest absolute Gasteiger partial charge is 0.263 e. The Morgan fingerprint density at radius 1 is 1.00 bits per heavy atom. The molecule has 0 aliphatic rings. The molecular formula is C27H24N4O2. The lowest BCUT2D eigenvalue weighted by atomic mass is 9.99. The summed E-state index contributed by atoms with van der Waals surface area (Å²) in [4.78, 5) is 20.1. The number of hydrogen-bond donors (Lipinski definition) is 0. The van der Waals surface area contributed by atoms with Crippen LogP contribution < -0.4 is 10.3 Å². The van der Waals surface area contributed by atoms with E-state index in [2.05, 4.69) is 11.1 Å². The lowest BCUT2D eigenvalue weighted by Crippen LogP contribution is -2.21. The first-order valence-electron chi connectivity index (χ1n) is 10.6. The maximum Gasteiger partial charge on any atom is 0.263 e. The van der Waals surface area contributed by atoms with Crippen molar-refractivity contribution in [2.24, 2.45) is 0 Å². The molecule has 0 saturated heterocycles. The maximum absolute atomic E-state index is 13.6. The van der Waals surface area contributed by atoms with Gasteiger partial charge >= 0.3 is 0 Å². The van der Waals surface area contributed by atoms with Gasteiger partial charge in [0.15, 0.2) is 0 Å². The standard InChI is InChI=1S/C27H24N4O2/c1-30(2)14-15-33-23-10-7-9-22(17-23)31-19-21(26-12-5-6-13-29-26)16-25(27(31)32)24-11-4-3-8-20(24)18-28/h3-13,16-17,19H,14-15H2,1-2H3. The summed E-state index contributed by atoms with van der Waals surface area (Å²) in [7, 11) is 3.98. The molecule has 0 amide bonds. The second-order valence-electron chi connectivity index (χ2n) is 7.84. The van der Waals surface area contributed by atoms with Crippen molar-refractivity contribution in [3.8, 4) is 39.9 Å². The van der Waals surface area contributed by atoms with Crippen molar-refractivity contribution >= 4 is 0 Å². The van der Waals surface area contributed by atoms with Crippen molar-refractivity contribution < 1.29 is 4.74 Å². The minimum atomic E-state index is -0.220. The van der Waals surface area contributed by atoms with Crippen molar-refractivity contribution in [3.05, 3.63) is 101 Å². The molecule has 0 bridgehead atoms. The summed E-state index contributed by atoms with van der Waals surface area (Å²) >= 11 is 0. The monoisotopic (exact) mass is 436 g/mol. The molecule has 0 radical (unpaired) electrons. The molecule has 0 spiro atoms. The Kier molecular flexibility index (Phi) is 6.63. The number of nitrogens with zero attached hydrogens (tertiary/aromatic N) is 4. The lowest BCUT2D eigenvalue weighted by molar-refractivity contribution is 0.261. The predicted molar refractivity (Wildman–Crippen MR) is 129 cm³/mol. The highest BCUT2D eigenvalue weighted by molar-refractivity contribution is 5.74. The van der Waals surface area contributed by atoms with E-state index >= 15 is 0 Å². The number of hydrogen-bond acceptors (Lipinski definition) is 5. The first-order chi connectivity index (χ1) is 16.1. The molecule has 2 aromatic carbocycles. The first-order valence-corrected chi connectivity index (χ1v) is 10.6. The Hall–Kier alpha value is -4.21. The van der Waals surface area contributed by atoms with Crippen LogP contribution >= 0.6 is 0 Å². The molecule has 0 N–H and O–H groups in total. The molecule has 33 heavy (non-hydrogen) atoms. The van der Waals surface area contributed by atoms with E-state index in [-0.39, 0.29) is 5.56 Å². The van der Waals surface area contributed by atoms with Crippen molar-refractivity contribution in [3.63, 3.8) is 0 Å². The molecule has 2 heterocycles. The van der Waals surface area contributed by atoms with E-state index in [1.807, 2.05) is 67.5 Å². The molecule has 0 saturated carbocycles. The molecule has 0 atom stereocenters. The Morgan fingerprint density at radius 2 is 1.82 bits per heavy atom. The molecule has 164 valence electrons. The fourth-order valence-corrected chi connectivity index (χ4v) is 3.53. The summed E-state index contributed by atoms with van der Waals surface area (Å²) in [5.41, 5.74) is 3.44. The minimum absolute atomic E-state index is 0.220. The molecule has 0 fully saturated rings. The number of ether oxygens (including phenoxy) is 1. The molecular weight excluding hydrogens is 412 g/mol. The molecule has 2 aromatic heterocycles. The van der Waals surface area contributed by atoms with Gasteiger partial charge in [-0.25, -0.2) is 0 Å². The minimum Gasteiger partial charge on any atom is -0.492 e. The van der Waals surface area contributed by atoms with Gasteiger partial charge in [-0.05, 0) is 50.5 Å². The highest BCUT2D eigenvalue weighted by Gasteiger charge is 2.15. The van der Waals surface area contributed by atoms with E-state index in [9.17, 15) is 10.1 Å². The zero-order valence-electron chi connectivity index (χ0n) is 18.6. The Bertz CT molecular complexity index is 1350. The van der Waals surface area contributed by atoms with Gasteiger partial charge < -0.3 is 9.64 Å². The number of pyridine rings is 2. The van der Waals surface area contributed by atoms with Gasteiger partial charge in [0.1, 0.15) is 12.4 Å². The SMILES string of the molecule is CN(C)CCOc1cccc(-n2cc(-c3ccccn3)cc(-c3ccccc3C#N)c2=O)c1. The van der Waals surface area contributed by atoms with Crippen LogP contribution in [0, 0.1) is 11.3 Å². The first kappa shape index (κ1) is 22.0. The van der Waals surface area contributed by atoms with Crippen LogP contribution in [0.4, 0.5) is 0 Å². The van der Waals surface area contributed by atoms with Crippen LogP contribution in [0.3, 0.4) is 0 Å². The summed E-state index contributed by atoms with van der Waals surface area (Å²) in [6, 6.07) is 24.2. The number of nitriles is 1. The van der Waals surface area contributed by atoms with Crippen LogP contribution in [0.25, 0.3) is 28.1 Å². The largest absolute Gasteiger partial charge is 0.492 e. The number of likely N-dealkylation sites (N-methyl/N-ethyl adjacent to an activating group) is 1. The second-order valence-corrected chi connectivity index (χ2v) is 7.84. The summed E-state index contributed by atoms with van der Waals surface area (Å²) in [5.74, 6) is 0.684. The fraction of sp³-hybridized carbons (Fsp3) is 0.148. The highest BCUT2D eigenvalue weighted by Crippen LogP contribution is 2.26. The summed E-state index contributed by atoms with van der Waals surface area (Å²) in [6.45, 7) is 1.33. The van der Waals surface area contributed by atoms with Gasteiger partial charge in [-0.15, -0.1) is 0 Å².